The summed E-state index contributed by atoms with van der Waals surface area (Å²) in [5.41, 5.74) is 6.52. The molecule has 0 radical (unpaired) electrons. The van der Waals surface area contributed by atoms with Gasteiger partial charge in [-0.3, -0.25) is 0 Å². The van der Waals surface area contributed by atoms with E-state index in [2.05, 4.69) is 5.16 Å². The number of hydrogen-bond acceptors (Lipinski definition) is 3. The fourth-order valence-corrected chi connectivity index (χ4v) is 1.16. The van der Waals surface area contributed by atoms with Crippen LogP contribution in [0.4, 0.5) is 0 Å². The van der Waals surface area contributed by atoms with Crippen LogP contribution in [0.25, 0.3) is 0 Å². The van der Waals surface area contributed by atoms with Crippen molar-refractivity contribution in [2.75, 3.05) is 13.2 Å². The quantitative estimate of drug-likeness (QED) is 0.492. The zero-order chi connectivity index (χ0) is 7.94. The molecule has 3 nitrogen and oxygen atoms in total. The van der Waals surface area contributed by atoms with Gasteiger partial charge in [-0.05, 0) is 38.6 Å². The molecule has 0 amide bonds. The van der Waals surface area contributed by atoms with Gasteiger partial charge in [0.1, 0.15) is 6.61 Å². The van der Waals surface area contributed by atoms with Crippen molar-refractivity contribution in [1.29, 1.82) is 0 Å². The second-order valence-electron chi connectivity index (χ2n) is 2.84. The van der Waals surface area contributed by atoms with Crippen LogP contribution in [-0.4, -0.2) is 18.9 Å². The number of nitrogens with zero attached hydrogens (tertiary/aromatic N) is 1. The maximum absolute atomic E-state index is 5.29. The molecule has 0 bridgehead atoms. The van der Waals surface area contributed by atoms with Crippen LogP contribution in [0.1, 0.15) is 32.1 Å². The normalized spacial score (nSPS) is 17.0. The molecule has 1 saturated carbocycles. The summed E-state index contributed by atoms with van der Waals surface area (Å²) < 4.78 is 0. The summed E-state index contributed by atoms with van der Waals surface area (Å²) in [6.45, 7) is 1.35. The lowest BCUT2D eigenvalue weighted by Crippen LogP contribution is -2.03. The first-order valence-corrected chi connectivity index (χ1v) is 4.31. The molecule has 1 aliphatic carbocycles. The fraction of sp³-hybridized carbons (Fsp3) is 0.875. The van der Waals surface area contributed by atoms with E-state index in [0.29, 0.717) is 13.2 Å². The van der Waals surface area contributed by atoms with Crippen molar-refractivity contribution in [3.8, 4) is 0 Å². The first-order chi connectivity index (χ1) is 5.43. The maximum Gasteiger partial charge on any atom is 0.118 e. The SMILES string of the molecule is NCCCON=C1CCCC1. The standard InChI is InChI=1S/C8H16N2O/c9-6-3-7-11-10-8-4-1-2-5-8/h1-7,9H2. The van der Waals surface area contributed by atoms with Gasteiger partial charge in [0.2, 0.25) is 0 Å². The Hall–Kier alpha value is -0.570. The van der Waals surface area contributed by atoms with E-state index in [0.717, 1.165) is 19.3 Å². The summed E-state index contributed by atoms with van der Waals surface area (Å²) in [4.78, 5) is 5.07. The number of rotatable bonds is 4. The highest BCUT2D eigenvalue weighted by Crippen LogP contribution is 2.14. The molecule has 0 saturated heterocycles. The van der Waals surface area contributed by atoms with Gasteiger partial charge in [-0.1, -0.05) is 5.16 Å². The Balaban J connectivity index is 2.03. The van der Waals surface area contributed by atoms with Gasteiger partial charge in [0.15, 0.2) is 0 Å². The van der Waals surface area contributed by atoms with E-state index in [4.69, 9.17) is 10.6 Å². The molecular weight excluding hydrogens is 140 g/mol. The average molecular weight is 156 g/mol. The van der Waals surface area contributed by atoms with Gasteiger partial charge >= 0.3 is 0 Å². The van der Waals surface area contributed by atoms with Crippen LogP contribution >= 0.6 is 0 Å². The molecular formula is C8H16N2O. The highest BCUT2D eigenvalue weighted by atomic mass is 16.6. The summed E-state index contributed by atoms with van der Waals surface area (Å²) in [6, 6.07) is 0. The minimum Gasteiger partial charge on any atom is -0.396 e. The predicted molar refractivity (Wildman–Crippen MR) is 45.5 cm³/mol. The second kappa shape index (κ2) is 5.13. The van der Waals surface area contributed by atoms with Crippen LogP contribution in [0, 0.1) is 0 Å². The Morgan fingerprint density at radius 1 is 1.36 bits per heavy atom. The van der Waals surface area contributed by atoms with E-state index in [9.17, 15) is 0 Å². The van der Waals surface area contributed by atoms with Crippen LogP contribution in [0.15, 0.2) is 5.16 Å². The Bertz CT molecular complexity index is 126. The summed E-state index contributed by atoms with van der Waals surface area (Å²) in [7, 11) is 0. The highest BCUT2D eigenvalue weighted by molar-refractivity contribution is 5.85. The third-order valence-corrected chi connectivity index (χ3v) is 1.81. The number of hydrogen-bond donors (Lipinski definition) is 1. The fourth-order valence-electron chi connectivity index (χ4n) is 1.16. The number of nitrogens with two attached hydrogens (primary N) is 1. The van der Waals surface area contributed by atoms with E-state index >= 15 is 0 Å². The van der Waals surface area contributed by atoms with Crippen molar-refractivity contribution >= 4 is 5.71 Å². The van der Waals surface area contributed by atoms with Crippen LogP contribution in [0.5, 0.6) is 0 Å². The predicted octanol–water partition coefficient (Wildman–Crippen LogP) is 1.28. The monoisotopic (exact) mass is 156 g/mol. The van der Waals surface area contributed by atoms with Crippen LogP contribution in [-0.2, 0) is 4.84 Å². The lowest BCUT2D eigenvalue weighted by molar-refractivity contribution is 0.142. The topological polar surface area (TPSA) is 47.6 Å². The molecule has 0 atom stereocenters. The molecule has 0 heterocycles. The Labute approximate surface area is 67.6 Å². The molecule has 1 fully saturated rings. The van der Waals surface area contributed by atoms with Gasteiger partial charge < -0.3 is 10.6 Å². The molecule has 2 N–H and O–H groups in total. The van der Waals surface area contributed by atoms with E-state index in [1.807, 2.05) is 0 Å². The molecule has 0 aliphatic heterocycles. The smallest absolute Gasteiger partial charge is 0.118 e. The van der Waals surface area contributed by atoms with Gasteiger partial charge in [0, 0.05) is 0 Å². The van der Waals surface area contributed by atoms with Crippen molar-refractivity contribution in [2.45, 2.75) is 32.1 Å². The first-order valence-electron chi connectivity index (χ1n) is 4.31. The van der Waals surface area contributed by atoms with Gasteiger partial charge in [0.25, 0.3) is 0 Å². The molecule has 0 aromatic heterocycles. The Morgan fingerprint density at radius 2 is 2.09 bits per heavy atom. The molecule has 0 spiro atoms. The minimum absolute atomic E-state index is 0.667. The second-order valence-corrected chi connectivity index (χ2v) is 2.84. The van der Waals surface area contributed by atoms with E-state index in [1.165, 1.54) is 18.6 Å². The lowest BCUT2D eigenvalue weighted by atomic mass is 10.3. The molecule has 1 rings (SSSR count). The highest BCUT2D eigenvalue weighted by Gasteiger charge is 2.07. The third-order valence-electron chi connectivity index (χ3n) is 1.81. The molecule has 11 heavy (non-hydrogen) atoms. The van der Waals surface area contributed by atoms with Gasteiger partial charge in [-0.2, -0.15) is 0 Å². The zero-order valence-corrected chi connectivity index (χ0v) is 6.88. The lowest BCUT2D eigenvalue weighted by Gasteiger charge is -1.97. The van der Waals surface area contributed by atoms with Crippen molar-refractivity contribution in [3.63, 3.8) is 0 Å². The van der Waals surface area contributed by atoms with Crippen LogP contribution in [0.2, 0.25) is 0 Å². The molecule has 1 aliphatic rings. The van der Waals surface area contributed by atoms with Gasteiger partial charge in [0.05, 0.1) is 5.71 Å². The van der Waals surface area contributed by atoms with Gasteiger partial charge in [-0.15, -0.1) is 0 Å². The Morgan fingerprint density at radius 3 is 2.73 bits per heavy atom. The van der Waals surface area contributed by atoms with E-state index < -0.39 is 0 Å². The van der Waals surface area contributed by atoms with Crippen molar-refractivity contribution in [2.24, 2.45) is 10.9 Å². The molecule has 3 heteroatoms. The maximum atomic E-state index is 5.29. The molecule has 0 unspecified atom stereocenters. The molecule has 0 aromatic rings. The van der Waals surface area contributed by atoms with Crippen molar-refractivity contribution < 1.29 is 4.84 Å². The van der Waals surface area contributed by atoms with E-state index in [1.54, 1.807) is 0 Å². The summed E-state index contributed by atoms with van der Waals surface area (Å²) in [5.74, 6) is 0. The first kappa shape index (κ1) is 8.53. The van der Waals surface area contributed by atoms with Crippen LogP contribution in [0.3, 0.4) is 0 Å². The minimum atomic E-state index is 0.667. The average Bonchev–Trinajstić information content (AvgIpc) is 2.50. The Kier molecular flexibility index (Phi) is 3.98. The molecule has 0 aromatic carbocycles. The van der Waals surface area contributed by atoms with Crippen molar-refractivity contribution in [1.82, 2.24) is 0 Å². The summed E-state index contributed by atoms with van der Waals surface area (Å²) in [6.07, 6.45) is 5.71. The number of oxime groups is 1. The summed E-state index contributed by atoms with van der Waals surface area (Å²) in [5, 5.41) is 4.02. The third kappa shape index (κ3) is 3.37. The van der Waals surface area contributed by atoms with Gasteiger partial charge in [-0.25, -0.2) is 0 Å². The largest absolute Gasteiger partial charge is 0.396 e. The van der Waals surface area contributed by atoms with Crippen molar-refractivity contribution in [3.05, 3.63) is 0 Å². The molecule has 64 valence electrons. The van der Waals surface area contributed by atoms with E-state index in [-0.39, 0.29) is 0 Å². The van der Waals surface area contributed by atoms with Crippen LogP contribution < -0.4 is 5.73 Å². The zero-order valence-electron chi connectivity index (χ0n) is 6.88. The summed E-state index contributed by atoms with van der Waals surface area (Å²) >= 11 is 0.